The van der Waals surface area contributed by atoms with Crippen molar-refractivity contribution in [3.05, 3.63) is 53.7 Å². The fourth-order valence-corrected chi connectivity index (χ4v) is 2.06. The molecule has 1 amide bonds. The number of anilines is 1. The Labute approximate surface area is 153 Å². The van der Waals surface area contributed by atoms with E-state index < -0.39 is 29.7 Å². The van der Waals surface area contributed by atoms with E-state index in [9.17, 15) is 22.8 Å². The van der Waals surface area contributed by atoms with Crippen molar-refractivity contribution in [3.63, 3.8) is 0 Å². The summed E-state index contributed by atoms with van der Waals surface area (Å²) in [5, 5.41) is 2.39. The smallest absolute Gasteiger partial charge is 0.416 e. The number of ether oxygens (including phenoxy) is 2. The van der Waals surface area contributed by atoms with Crippen molar-refractivity contribution in [2.75, 3.05) is 11.9 Å². The minimum Gasteiger partial charge on any atom is -0.477 e. The fourth-order valence-electron chi connectivity index (χ4n) is 2.06. The number of esters is 1. The van der Waals surface area contributed by atoms with Crippen LogP contribution in [0.2, 0.25) is 0 Å². The number of pyridine rings is 1. The molecular formula is C18H17F3N2O4. The topological polar surface area (TPSA) is 77.5 Å². The number of carbonyl (C=O) groups excluding carboxylic acids is 2. The minimum atomic E-state index is -4.46. The zero-order chi connectivity index (χ0) is 20.0. The van der Waals surface area contributed by atoms with Gasteiger partial charge in [0.05, 0.1) is 12.2 Å². The second kappa shape index (κ2) is 8.52. The van der Waals surface area contributed by atoms with E-state index in [1.165, 1.54) is 25.3 Å². The number of hydrogen-bond acceptors (Lipinski definition) is 5. The average molecular weight is 382 g/mol. The highest BCUT2D eigenvalue weighted by molar-refractivity contribution is 5.98. The highest BCUT2D eigenvalue weighted by Gasteiger charge is 2.30. The SMILES string of the molecule is CCOc1ncccc1C(=O)O[C@@H](C)C(=O)Nc1ccc(C(F)(F)F)cc1. The molecule has 0 aliphatic rings. The summed E-state index contributed by atoms with van der Waals surface area (Å²) < 4.78 is 47.9. The third-order valence-electron chi connectivity index (χ3n) is 3.40. The summed E-state index contributed by atoms with van der Waals surface area (Å²) in [6.07, 6.45) is -4.20. The largest absolute Gasteiger partial charge is 0.477 e. The summed E-state index contributed by atoms with van der Waals surface area (Å²) in [5.41, 5.74) is -0.624. The number of hydrogen-bond donors (Lipinski definition) is 1. The van der Waals surface area contributed by atoms with E-state index >= 15 is 0 Å². The Morgan fingerprint density at radius 1 is 1.19 bits per heavy atom. The van der Waals surface area contributed by atoms with E-state index in [4.69, 9.17) is 9.47 Å². The van der Waals surface area contributed by atoms with Gasteiger partial charge in [0.15, 0.2) is 6.10 Å². The van der Waals surface area contributed by atoms with Crippen molar-refractivity contribution in [1.29, 1.82) is 0 Å². The first-order chi connectivity index (χ1) is 12.7. The number of benzene rings is 1. The van der Waals surface area contributed by atoms with Crippen LogP contribution in [0.3, 0.4) is 0 Å². The average Bonchev–Trinajstić information content (AvgIpc) is 2.62. The Hall–Kier alpha value is -3.10. The molecule has 0 bridgehead atoms. The maximum absolute atomic E-state index is 12.5. The van der Waals surface area contributed by atoms with E-state index in [0.717, 1.165) is 24.3 Å². The van der Waals surface area contributed by atoms with Crippen molar-refractivity contribution in [1.82, 2.24) is 4.98 Å². The molecule has 0 saturated carbocycles. The number of amides is 1. The Bertz CT molecular complexity index is 807. The summed E-state index contributed by atoms with van der Waals surface area (Å²) in [5.74, 6) is -1.41. The van der Waals surface area contributed by atoms with Crippen LogP contribution in [0.5, 0.6) is 5.88 Å². The Morgan fingerprint density at radius 3 is 2.44 bits per heavy atom. The number of nitrogens with zero attached hydrogens (tertiary/aromatic N) is 1. The lowest BCUT2D eigenvalue weighted by Crippen LogP contribution is -2.30. The van der Waals surface area contributed by atoms with Crippen molar-refractivity contribution in [2.45, 2.75) is 26.1 Å². The van der Waals surface area contributed by atoms with Gasteiger partial charge in [0, 0.05) is 11.9 Å². The van der Waals surface area contributed by atoms with Crippen LogP contribution < -0.4 is 10.1 Å². The highest BCUT2D eigenvalue weighted by Crippen LogP contribution is 2.29. The molecule has 0 spiro atoms. The Balaban J connectivity index is 2.00. The van der Waals surface area contributed by atoms with Crippen LogP contribution in [-0.4, -0.2) is 29.6 Å². The monoisotopic (exact) mass is 382 g/mol. The molecule has 0 aliphatic heterocycles. The molecular weight excluding hydrogens is 365 g/mol. The highest BCUT2D eigenvalue weighted by atomic mass is 19.4. The summed E-state index contributed by atoms with van der Waals surface area (Å²) >= 11 is 0. The van der Waals surface area contributed by atoms with E-state index in [0.29, 0.717) is 6.61 Å². The van der Waals surface area contributed by atoms with Crippen LogP contribution >= 0.6 is 0 Å². The molecule has 0 fully saturated rings. The molecule has 1 heterocycles. The molecule has 0 saturated heterocycles. The van der Waals surface area contributed by atoms with Gasteiger partial charge in [-0.25, -0.2) is 9.78 Å². The summed E-state index contributed by atoms with van der Waals surface area (Å²) in [6, 6.07) is 6.88. The molecule has 2 rings (SSSR count). The summed E-state index contributed by atoms with van der Waals surface area (Å²) in [7, 11) is 0. The predicted octanol–water partition coefficient (Wildman–Crippen LogP) is 3.68. The molecule has 0 radical (unpaired) electrons. The molecule has 2 aromatic rings. The van der Waals surface area contributed by atoms with Gasteiger partial charge in [-0.3, -0.25) is 4.79 Å². The number of aromatic nitrogens is 1. The normalized spacial score (nSPS) is 12.2. The number of alkyl halides is 3. The van der Waals surface area contributed by atoms with Gasteiger partial charge < -0.3 is 14.8 Å². The van der Waals surface area contributed by atoms with E-state index in [2.05, 4.69) is 10.3 Å². The Kier molecular flexibility index (Phi) is 6.38. The quantitative estimate of drug-likeness (QED) is 0.771. The maximum atomic E-state index is 12.5. The van der Waals surface area contributed by atoms with Crippen LogP contribution in [0.15, 0.2) is 42.6 Å². The number of nitrogens with one attached hydrogen (secondary N) is 1. The van der Waals surface area contributed by atoms with Crippen molar-refractivity contribution < 1.29 is 32.2 Å². The lowest BCUT2D eigenvalue weighted by molar-refractivity contribution is -0.137. The van der Waals surface area contributed by atoms with Crippen LogP contribution in [-0.2, 0) is 15.7 Å². The predicted molar refractivity (Wildman–Crippen MR) is 90.4 cm³/mol. The van der Waals surface area contributed by atoms with Gasteiger partial charge in [0.1, 0.15) is 5.56 Å². The van der Waals surface area contributed by atoms with Gasteiger partial charge in [0.25, 0.3) is 5.91 Å². The standard InChI is InChI=1S/C18H17F3N2O4/c1-3-26-16-14(5-4-10-22-16)17(25)27-11(2)15(24)23-13-8-6-12(7-9-13)18(19,20)21/h4-11H,3H2,1-2H3,(H,23,24)/t11-/m0/s1. The summed E-state index contributed by atoms with van der Waals surface area (Å²) in [6.45, 7) is 3.36. The molecule has 0 unspecified atom stereocenters. The van der Waals surface area contributed by atoms with E-state index in [1.807, 2.05) is 0 Å². The van der Waals surface area contributed by atoms with Gasteiger partial charge in [0.2, 0.25) is 5.88 Å². The second-order valence-corrected chi connectivity index (χ2v) is 5.40. The van der Waals surface area contributed by atoms with Crippen molar-refractivity contribution in [3.8, 4) is 5.88 Å². The molecule has 0 aliphatic carbocycles. The van der Waals surface area contributed by atoms with E-state index in [1.54, 1.807) is 6.92 Å². The van der Waals surface area contributed by atoms with Crippen LogP contribution in [0, 0.1) is 0 Å². The van der Waals surface area contributed by atoms with Gasteiger partial charge >= 0.3 is 12.1 Å². The van der Waals surface area contributed by atoms with Crippen molar-refractivity contribution in [2.24, 2.45) is 0 Å². The first kappa shape index (κ1) is 20.2. The van der Waals surface area contributed by atoms with Crippen molar-refractivity contribution >= 4 is 17.6 Å². The molecule has 6 nitrogen and oxygen atoms in total. The maximum Gasteiger partial charge on any atom is 0.416 e. The van der Waals surface area contributed by atoms with Crippen LogP contribution in [0.1, 0.15) is 29.8 Å². The molecule has 144 valence electrons. The fraction of sp³-hybridized carbons (Fsp3) is 0.278. The van der Waals surface area contributed by atoms with Crippen LogP contribution in [0.4, 0.5) is 18.9 Å². The molecule has 27 heavy (non-hydrogen) atoms. The van der Waals surface area contributed by atoms with E-state index in [-0.39, 0.29) is 17.1 Å². The minimum absolute atomic E-state index is 0.0635. The third-order valence-corrected chi connectivity index (χ3v) is 3.40. The molecule has 1 aromatic heterocycles. The van der Waals surface area contributed by atoms with Crippen LogP contribution in [0.25, 0.3) is 0 Å². The summed E-state index contributed by atoms with van der Waals surface area (Å²) in [4.78, 5) is 28.3. The Morgan fingerprint density at radius 2 is 1.85 bits per heavy atom. The molecule has 1 N–H and O–H groups in total. The van der Waals surface area contributed by atoms with Gasteiger partial charge in [-0.1, -0.05) is 0 Å². The van der Waals surface area contributed by atoms with Gasteiger partial charge in [-0.2, -0.15) is 13.2 Å². The number of carbonyl (C=O) groups is 2. The molecule has 1 aromatic carbocycles. The zero-order valence-corrected chi connectivity index (χ0v) is 14.5. The molecule has 9 heteroatoms. The third kappa shape index (κ3) is 5.44. The van der Waals surface area contributed by atoms with Gasteiger partial charge in [-0.15, -0.1) is 0 Å². The lowest BCUT2D eigenvalue weighted by atomic mass is 10.2. The first-order valence-electron chi connectivity index (χ1n) is 7.99. The number of rotatable bonds is 6. The first-order valence-corrected chi connectivity index (χ1v) is 7.99. The number of halogens is 3. The molecule has 1 atom stereocenters. The van der Waals surface area contributed by atoms with Gasteiger partial charge in [-0.05, 0) is 50.2 Å². The zero-order valence-electron chi connectivity index (χ0n) is 14.5. The lowest BCUT2D eigenvalue weighted by Gasteiger charge is -2.15. The second-order valence-electron chi connectivity index (χ2n) is 5.40.